The van der Waals surface area contributed by atoms with Gasteiger partial charge < -0.3 is 14.8 Å². The monoisotopic (exact) mass is 512 g/mol. The Kier molecular flexibility index (Phi) is 6.41. The van der Waals surface area contributed by atoms with Crippen molar-refractivity contribution in [3.8, 4) is 5.88 Å². The average Bonchev–Trinajstić information content (AvgIpc) is 3.40. The van der Waals surface area contributed by atoms with Gasteiger partial charge in [-0.25, -0.2) is 22.2 Å². The molecule has 0 bridgehead atoms. The third-order valence-electron chi connectivity index (χ3n) is 5.41. The van der Waals surface area contributed by atoms with E-state index in [0.717, 1.165) is 6.20 Å². The highest BCUT2D eigenvalue weighted by atomic mass is 32.2. The van der Waals surface area contributed by atoms with Crippen LogP contribution in [-0.4, -0.2) is 76.8 Å². The Morgan fingerprint density at radius 2 is 2.03 bits per heavy atom. The van der Waals surface area contributed by atoms with Gasteiger partial charge in [-0.15, -0.1) is 0 Å². The Balaban J connectivity index is 1.51. The van der Waals surface area contributed by atoms with Crippen molar-refractivity contribution < 1.29 is 39.8 Å². The van der Waals surface area contributed by atoms with Crippen LogP contribution in [0.3, 0.4) is 0 Å². The van der Waals surface area contributed by atoms with Crippen molar-refractivity contribution in [1.29, 1.82) is 0 Å². The molecule has 4 heterocycles. The van der Waals surface area contributed by atoms with Crippen molar-refractivity contribution in [3.63, 3.8) is 0 Å². The first-order valence-corrected chi connectivity index (χ1v) is 11.6. The van der Waals surface area contributed by atoms with E-state index < -0.39 is 58.2 Å². The summed E-state index contributed by atoms with van der Waals surface area (Å²) in [7, 11) is -2.70. The van der Waals surface area contributed by atoms with Crippen LogP contribution in [0.4, 0.5) is 27.9 Å². The zero-order valence-electron chi connectivity index (χ0n) is 17.8. The second kappa shape index (κ2) is 8.88. The summed E-state index contributed by atoms with van der Waals surface area (Å²) in [6.45, 7) is -1.000. The molecule has 2 aromatic rings. The van der Waals surface area contributed by atoms with Crippen LogP contribution in [-0.2, 0) is 28.0 Å². The van der Waals surface area contributed by atoms with Crippen LogP contribution in [0, 0.1) is 0 Å². The average molecular weight is 512 g/mol. The van der Waals surface area contributed by atoms with E-state index in [2.05, 4.69) is 20.4 Å². The van der Waals surface area contributed by atoms with E-state index in [1.165, 1.54) is 17.9 Å². The van der Waals surface area contributed by atoms with Gasteiger partial charge in [-0.3, -0.25) is 4.68 Å². The molecule has 1 unspecified atom stereocenters. The van der Waals surface area contributed by atoms with Crippen LogP contribution in [0.5, 0.6) is 5.88 Å². The minimum atomic E-state index is -4.82. The Morgan fingerprint density at radius 1 is 1.26 bits per heavy atom. The summed E-state index contributed by atoms with van der Waals surface area (Å²) in [5, 5.41) is 6.09. The van der Waals surface area contributed by atoms with Crippen molar-refractivity contribution in [2.45, 2.75) is 42.0 Å². The summed E-state index contributed by atoms with van der Waals surface area (Å²) in [5.74, 6) is -4.85. The van der Waals surface area contributed by atoms with Crippen molar-refractivity contribution in [2.75, 3.05) is 31.6 Å². The number of nitrogens with one attached hydrogen (secondary N) is 1. The molecule has 0 spiro atoms. The lowest BCUT2D eigenvalue weighted by Gasteiger charge is -2.37. The summed E-state index contributed by atoms with van der Waals surface area (Å²) in [6, 6.07) is -1.62. The maximum Gasteiger partial charge on any atom is 0.423 e. The van der Waals surface area contributed by atoms with Gasteiger partial charge in [0.1, 0.15) is 16.6 Å². The molecule has 0 saturated carbocycles. The first-order chi connectivity index (χ1) is 15.9. The summed E-state index contributed by atoms with van der Waals surface area (Å²) in [5.41, 5.74) is -1.24. The zero-order valence-corrected chi connectivity index (χ0v) is 18.6. The van der Waals surface area contributed by atoms with Gasteiger partial charge >= 0.3 is 6.18 Å². The van der Waals surface area contributed by atoms with Crippen molar-refractivity contribution >= 4 is 16.0 Å². The van der Waals surface area contributed by atoms with E-state index in [1.807, 2.05) is 0 Å². The molecule has 2 atom stereocenters. The molecular formula is C18H21F5N6O4S. The number of alkyl halides is 5. The molecule has 34 heavy (non-hydrogen) atoms. The quantitative estimate of drug-likeness (QED) is 0.585. The minimum absolute atomic E-state index is 0.0754. The van der Waals surface area contributed by atoms with Crippen LogP contribution in [0.15, 0.2) is 23.5 Å². The molecule has 10 nitrogen and oxygen atoms in total. The lowest BCUT2D eigenvalue weighted by Crippen LogP contribution is -2.56. The second-order valence-corrected chi connectivity index (χ2v) is 9.89. The predicted molar refractivity (Wildman–Crippen MR) is 106 cm³/mol. The fourth-order valence-electron chi connectivity index (χ4n) is 3.61. The number of hydrogen-bond acceptors (Lipinski definition) is 8. The number of halogens is 5. The standard InChI is InChI=1S/C18H21F5N6O4S/c1-28-8-12(6-25-28)34(30,31)29-4-2-14(17(19,20)10-29)26-16-24-7-13(18(21,22)23)15(27-16)33-11-3-5-32-9-11/h6-8,11,14H,2-5,9-10H2,1H3,(H,24,26,27)/t11-,14?/m0/s1. The molecule has 2 fully saturated rings. The maximum absolute atomic E-state index is 14.9. The van der Waals surface area contributed by atoms with Crippen molar-refractivity contribution in [3.05, 3.63) is 24.2 Å². The third kappa shape index (κ3) is 5.07. The first-order valence-electron chi connectivity index (χ1n) is 10.2. The van der Waals surface area contributed by atoms with Gasteiger partial charge in [0.05, 0.1) is 32.0 Å². The van der Waals surface area contributed by atoms with Crippen LogP contribution in [0.2, 0.25) is 0 Å². The molecule has 2 saturated heterocycles. The largest absolute Gasteiger partial charge is 0.471 e. The van der Waals surface area contributed by atoms with Crippen LogP contribution in [0.1, 0.15) is 18.4 Å². The van der Waals surface area contributed by atoms with E-state index in [1.54, 1.807) is 0 Å². The predicted octanol–water partition coefficient (Wildman–Crippen LogP) is 1.91. The Hall–Kier alpha value is -2.59. The molecule has 2 aliphatic rings. The van der Waals surface area contributed by atoms with Crippen molar-refractivity contribution in [2.24, 2.45) is 7.05 Å². The summed E-state index contributed by atoms with van der Waals surface area (Å²) in [4.78, 5) is 6.99. The number of hydrogen-bond donors (Lipinski definition) is 1. The number of aromatic nitrogens is 4. The topological polar surface area (TPSA) is 111 Å². The molecule has 4 rings (SSSR count). The minimum Gasteiger partial charge on any atom is -0.471 e. The van der Waals surface area contributed by atoms with Crippen LogP contribution < -0.4 is 10.1 Å². The molecule has 0 aromatic carbocycles. The van der Waals surface area contributed by atoms with Gasteiger partial charge in [0.25, 0.3) is 5.92 Å². The van der Waals surface area contributed by atoms with Gasteiger partial charge in [0.15, 0.2) is 0 Å². The van der Waals surface area contributed by atoms with E-state index in [9.17, 15) is 30.4 Å². The number of sulfonamides is 1. The fourth-order valence-corrected chi connectivity index (χ4v) is 5.06. The van der Waals surface area contributed by atoms with E-state index >= 15 is 0 Å². The number of ether oxygens (including phenoxy) is 2. The van der Waals surface area contributed by atoms with E-state index in [0.29, 0.717) is 23.5 Å². The molecule has 2 aromatic heterocycles. The lowest BCUT2D eigenvalue weighted by molar-refractivity contribution is -0.139. The smallest absolute Gasteiger partial charge is 0.423 e. The van der Waals surface area contributed by atoms with E-state index in [4.69, 9.17) is 9.47 Å². The van der Waals surface area contributed by atoms with Crippen LogP contribution in [0.25, 0.3) is 0 Å². The van der Waals surface area contributed by atoms with Gasteiger partial charge in [-0.05, 0) is 6.42 Å². The second-order valence-electron chi connectivity index (χ2n) is 7.95. The number of rotatable bonds is 6. The lowest BCUT2D eigenvalue weighted by atomic mass is 10.0. The normalized spacial score (nSPS) is 23.7. The molecule has 0 radical (unpaired) electrons. The summed E-state index contributed by atoms with van der Waals surface area (Å²) in [6.07, 6.45) is -2.75. The highest BCUT2D eigenvalue weighted by Gasteiger charge is 2.48. The summed E-state index contributed by atoms with van der Waals surface area (Å²) < 4.78 is 107. The number of anilines is 1. The molecule has 1 N–H and O–H groups in total. The highest BCUT2D eigenvalue weighted by molar-refractivity contribution is 7.89. The molecular weight excluding hydrogens is 491 g/mol. The molecule has 16 heteroatoms. The Bertz CT molecular complexity index is 1140. The first kappa shape index (κ1) is 24.5. The Morgan fingerprint density at radius 3 is 2.62 bits per heavy atom. The molecule has 0 amide bonds. The van der Waals surface area contributed by atoms with E-state index in [-0.39, 0.29) is 24.5 Å². The zero-order chi connectivity index (χ0) is 24.7. The van der Waals surface area contributed by atoms with Gasteiger partial charge in [-0.1, -0.05) is 0 Å². The number of nitrogens with zero attached hydrogens (tertiary/aromatic N) is 5. The van der Waals surface area contributed by atoms with Crippen LogP contribution >= 0.6 is 0 Å². The number of aryl methyl sites for hydroxylation is 1. The van der Waals surface area contributed by atoms with Crippen molar-refractivity contribution in [1.82, 2.24) is 24.1 Å². The maximum atomic E-state index is 14.9. The number of piperidine rings is 1. The SMILES string of the molecule is Cn1cc(S(=O)(=O)N2CCC(Nc3ncc(C(F)(F)F)c(O[C@H]4CCOC4)n3)C(F)(F)C2)cn1. The fraction of sp³-hybridized carbons (Fsp3) is 0.611. The van der Waals surface area contributed by atoms with Gasteiger partial charge in [-0.2, -0.15) is 27.6 Å². The molecule has 0 aliphatic carbocycles. The molecule has 188 valence electrons. The third-order valence-corrected chi connectivity index (χ3v) is 7.21. The highest BCUT2D eigenvalue weighted by Crippen LogP contribution is 2.37. The molecule has 2 aliphatic heterocycles. The van der Waals surface area contributed by atoms with Gasteiger partial charge in [0, 0.05) is 32.4 Å². The Labute approximate surface area is 191 Å². The summed E-state index contributed by atoms with van der Waals surface area (Å²) >= 11 is 0. The van der Waals surface area contributed by atoms with Gasteiger partial charge in [0.2, 0.25) is 21.9 Å².